The van der Waals surface area contributed by atoms with Crippen LogP contribution in [0.3, 0.4) is 0 Å². The van der Waals surface area contributed by atoms with Gasteiger partial charge in [-0.3, -0.25) is 4.90 Å². The highest BCUT2D eigenvalue weighted by Crippen LogP contribution is 2.16. The molecule has 3 N–H and O–H groups in total. The lowest BCUT2D eigenvalue weighted by atomic mass is 10.1. The molecule has 0 bridgehead atoms. The van der Waals surface area contributed by atoms with Crippen LogP contribution in [0.25, 0.3) is 0 Å². The summed E-state index contributed by atoms with van der Waals surface area (Å²) in [6.45, 7) is 6.83. The minimum absolute atomic E-state index is 0.341. The Balaban J connectivity index is 1.94. The van der Waals surface area contributed by atoms with Crippen molar-refractivity contribution in [2.45, 2.75) is 13.0 Å². The summed E-state index contributed by atoms with van der Waals surface area (Å²) in [5, 5.41) is 3.49. The van der Waals surface area contributed by atoms with Gasteiger partial charge in [-0.05, 0) is 19.1 Å². The smallest absolute Gasteiger partial charge is 0.106 e. The first kappa shape index (κ1) is 14.2. The van der Waals surface area contributed by atoms with E-state index in [9.17, 15) is 0 Å². The van der Waals surface area contributed by atoms with Crippen LogP contribution in [0.5, 0.6) is 0 Å². The Morgan fingerprint density at radius 3 is 2.79 bits per heavy atom. The van der Waals surface area contributed by atoms with Gasteiger partial charge in [-0.2, -0.15) is 0 Å². The molecule has 0 radical (unpaired) electrons. The minimum Gasteiger partial charge on any atom is -0.389 e. The van der Waals surface area contributed by atoms with Crippen LogP contribution in [0.1, 0.15) is 12.5 Å². The van der Waals surface area contributed by atoms with Crippen LogP contribution >= 0.6 is 12.2 Å². The number of para-hydroxylation sites is 1. The molecule has 1 fully saturated rings. The number of benzene rings is 1. The van der Waals surface area contributed by atoms with E-state index in [2.05, 4.69) is 17.1 Å². The summed E-state index contributed by atoms with van der Waals surface area (Å²) in [5.41, 5.74) is 7.66. The van der Waals surface area contributed by atoms with Crippen molar-refractivity contribution in [1.82, 2.24) is 4.90 Å². The number of nitrogens with zero attached hydrogens (tertiary/aromatic N) is 1. The van der Waals surface area contributed by atoms with Crippen LogP contribution in [0, 0.1) is 0 Å². The maximum atomic E-state index is 5.74. The predicted octanol–water partition coefficient (Wildman–Crippen LogP) is 1.45. The largest absolute Gasteiger partial charge is 0.389 e. The Hall–Kier alpha value is -1.17. The summed E-state index contributed by atoms with van der Waals surface area (Å²) in [5.74, 6) is 0. The van der Waals surface area contributed by atoms with Gasteiger partial charge in [0.15, 0.2) is 0 Å². The lowest BCUT2D eigenvalue weighted by Gasteiger charge is -2.30. The second-order valence-electron chi connectivity index (χ2n) is 4.87. The average Bonchev–Trinajstić information content (AvgIpc) is 2.40. The third-order valence-corrected chi connectivity index (χ3v) is 3.45. The average molecular weight is 279 g/mol. The molecule has 104 valence electrons. The van der Waals surface area contributed by atoms with Gasteiger partial charge in [-0.15, -0.1) is 0 Å². The molecule has 1 unspecified atom stereocenters. The number of hydrogen-bond acceptors (Lipinski definition) is 4. The van der Waals surface area contributed by atoms with Gasteiger partial charge in [0.25, 0.3) is 0 Å². The van der Waals surface area contributed by atoms with Crippen LogP contribution in [0.4, 0.5) is 5.69 Å². The number of ether oxygens (including phenoxy) is 1. The van der Waals surface area contributed by atoms with Crippen molar-refractivity contribution >= 4 is 22.9 Å². The summed E-state index contributed by atoms with van der Waals surface area (Å²) >= 11 is 5.07. The molecule has 1 heterocycles. The van der Waals surface area contributed by atoms with Crippen LogP contribution in [-0.4, -0.2) is 48.8 Å². The van der Waals surface area contributed by atoms with Crippen molar-refractivity contribution in [1.29, 1.82) is 0 Å². The third-order valence-electron chi connectivity index (χ3n) is 3.23. The van der Waals surface area contributed by atoms with E-state index in [0.717, 1.165) is 44.1 Å². The summed E-state index contributed by atoms with van der Waals surface area (Å²) in [7, 11) is 0. The Morgan fingerprint density at radius 2 is 2.11 bits per heavy atom. The normalized spacial score (nSPS) is 17.9. The van der Waals surface area contributed by atoms with Gasteiger partial charge in [0.2, 0.25) is 0 Å². The van der Waals surface area contributed by atoms with Gasteiger partial charge in [0.1, 0.15) is 4.99 Å². The zero-order chi connectivity index (χ0) is 13.7. The Kier molecular flexibility index (Phi) is 5.13. The zero-order valence-electron chi connectivity index (χ0n) is 11.3. The molecule has 0 amide bonds. The van der Waals surface area contributed by atoms with Crippen molar-refractivity contribution in [3.05, 3.63) is 29.8 Å². The fourth-order valence-corrected chi connectivity index (χ4v) is 2.48. The number of nitrogens with one attached hydrogen (secondary N) is 1. The Labute approximate surface area is 119 Å². The van der Waals surface area contributed by atoms with Crippen molar-refractivity contribution in [3.63, 3.8) is 0 Å². The first-order chi connectivity index (χ1) is 9.16. The molecular formula is C14H21N3OS. The van der Waals surface area contributed by atoms with E-state index in [1.54, 1.807) is 0 Å². The highest BCUT2D eigenvalue weighted by atomic mass is 32.1. The quantitative estimate of drug-likeness (QED) is 0.799. The molecule has 1 aromatic rings. The molecule has 2 rings (SSSR count). The van der Waals surface area contributed by atoms with E-state index in [0.29, 0.717) is 11.0 Å². The van der Waals surface area contributed by atoms with Crippen molar-refractivity contribution < 1.29 is 4.74 Å². The highest BCUT2D eigenvalue weighted by Gasteiger charge is 2.14. The topological polar surface area (TPSA) is 50.5 Å². The van der Waals surface area contributed by atoms with E-state index >= 15 is 0 Å². The van der Waals surface area contributed by atoms with E-state index in [4.69, 9.17) is 22.7 Å². The number of thiocarbonyl (C=S) groups is 1. The van der Waals surface area contributed by atoms with Gasteiger partial charge in [0.05, 0.1) is 13.2 Å². The van der Waals surface area contributed by atoms with Crippen LogP contribution in [0.15, 0.2) is 24.3 Å². The molecule has 1 atom stereocenters. The lowest BCUT2D eigenvalue weighted by molar-refractivity contribution is 0.0368. The van der Waals surface area contributed by atoms with E-state index in [1.807, 2.05) is 24.3 Å². The molecule has 1 aromatic carbocycles. The fourth-order valence-electron chi connectivity index (χ4n) is 2.31. The molecule has 0 spiro atoms. The predicted molar refractivity (Wildman–Crippen MR) is 82.7 cm³/mol. The van der Waals surface area contributed by atoms with Crippen molar-refractivity contribution in [3.8, 4) is 0 Å². The molecule has 1 aliphatic heterocycles. The number of anilines is 1. The fraction of sp³-hybridized carbons (Fsp3) is 0.500. The molecule has 19 heavy (non-hydrogen) atoms. The number of nitrogens with two attached hydrogens (primary N) is 1. The summed E-state index contributed by atoms with van der Waals surface area (Å²) in [6.07, 6.45) is 0. The van der Waals surface area contributed by atoms with Gasteiger partial charge >= 0.3 is 0 Å². The molecule has 0 aliphatic carbocycles. The Morgan fingerprint density at radius 1 is 1.42 bits per heavy atom. The SMILES string of the molecule is CC(CN1CCOCC1)Nc1ccccc1C(N)=S. The molecule has 1 saturated heterocycles. The highest BCUT2D eigenvalue weighted by molar-refractivity contribution is 7.80. The minimum atomic E-state index is 0.341. The Bertz CT molecular complexity index is 432. The van der Waals surface area contributed by atoms with Crippen LogP contribution in [-0.2, 0) is 4.74 Å². The second-order valence-corrected chi connectivity index (χ2v) is 5.31. The van der Waals surface area contributed by atoms with E-state index in [-0.39, 0.29) is 0 Å². The van der Waals surface area contributed by atoms with Crippen molar-refractivity contribution in [2.24, 2.45) is 5.73 Å². The zero-order valence-corrected chi connectivity index (χ0v) is 12.1. The summed E-state index contributed by atoms with van der Waals surface area (Å²) in [6, 6.07) is 8.25. The third kappa shape index (κ3) is 4.16. The number of rotatable bonds is 5. The summed E-state index contributed by atoms with van der Waals surface area (Å²) < 4.78 is 5.35. The molecule has 5 heteroatoms. The maximum Gasteiger partial charge on any atom is 0.106 e. The number of hydrogen-bond donors (Lipinski definition) is 2. The second kappa shape index (κ2) is 6.84. The molecule has 4 nitrogen and oxygen atoms in total. The monoisotopic (exact) mass is 279 g/mol. The molecular weight excluding hydrogens is 258 g/mol. The standard InChI is InChI=1S/C14H21N3OS/c1-11(10-17-6-8-18-9-7-17)16-13-5-3-2-4-12(13)14(15)19/h2-5,11,16H,6-10H2,1H3,(H2,15,19). The maximum absolute atomic E-state index is 5.74. The van der Waals surface area contributed by atoms with E-state index < -0.39 is 0 Å². The summed E-state index contributed by atoms with van der Waals surface area (Å²) in [4.78, 5) is 2.84. The van der Waals surface area contributed by atoms with Gasteiger partial charge in [0, 0.05) is 36.9 Å². The lowest BCUT2D eigenvalue weighted by Crippen LogP contribution is -2.42. The van der Waals surface area contributed by atoms with Crippen molar-refractivity contribution in [2.75, 3.05) is 38.2 Å². The van der Waals surface area contributed by atoms with Gasteiger partial charge in [-0.25, -0.2) is 0 Å². The first-order valence-electron chi connectivity index (χ1n) is 6.62. The molecule has 0 saturated carbocycles. The van der Waals surface area contributed by atoms with Crippen LogP contribution < -0.4 is 11.1 Å². The van der Waals surface area contributed by atoms with Crippen LogP contribution in [0.2, 0.25) is 0 Å². The number of morpholine rings is 1. The molecule has 0 aromatic heterocycles. The molecule has 1 aliphatic rings. The van der Waals surface area contributed by atoms with E-state index in [1.165, 1.54) is 0 Å². The first-order valence-corrected chi connectivity index (χ1v) is 7.03. The van der Waals surface area contributed by atoms with Gasteiger partial charge in [-0.1, -0.05) is 24.4 Å². The van der Waals surface area contributed by atoms with Gasteiger partial charge < -0.3 is 15.8 Å².